The monoisotopic (exact) mass is 401 g/mol. The molecule has 2 rings (SSSR count). The van der Waals surface area contributed by atoms with Gasteiger partial charge in [0, 0.05) is 16.5 Å². The average Bonchev–Trinajstić information content (AvgIpc) is 2.59. The minimum absolute atomic E-state index is 0.0225. The van der Waals surface area contributed by atoms with Gasteiger partial charge in [-0.2, -0.15) is 0 Å². The van der Waals surface area contributed by atoms with Crippen LogP contribution in [0.15, 0.2) is 36.4 Å². The number of rotatable bonds is 6. The van der Waals surface area contributed by atoms with Crippen LogP contribution in [0.25, 0.3) is 0 Å². The standard InChI is InChI=1S/C18H15Cl2F2NO3/c1-26-18(25)16(9-11-12(19)3-2-4-13(11)20)23-17(24)8-10-5-6-14(21)15(22)7-10/h2-7,16H,8-9H2,1H3,(H,23,24)/t16-/m0/s1. The van der Waals surface area contributed by atoms with Gasteiger partial charge < -0.3 is 10.1 Å². The Balaban J connectivity index is 2.13. The van der Waals surface area contributed by atoms with Crippen LogP contribution < -0.4 is 5.32 Å². The fourth-order valence-corrected chi connectivity index (χ4v) is 2.90. The third kappa shape index (κ3) is 5.16. The van der Waals surface area contributed by atoms with E-state index >= 15 is 0 Å². The Morgan fingerprint density at radius 3 is 2.35 bits per heavy atom. The Labute approximate surface area is 159 Å². The molecule has 0 unspecified atom stereocenters. The van der Waals surface area contributed by atoms with Crippen molar-refractivity contribution < 1.29 is 23.1 Å². The number of nitrogens with one attached hydrogen (secondary N) is 1. The molecule has 138 valence electrons. The van der Waals surface area contributed by atoms with Gasteiger partial charge >= 0.3 is 5.97 Å². The zero-order valence-electron chi connectivity index (χ0n) is 13.7. The lowest BCUT2D eigenvalue weighted by molar-refractivity contribution is -0.145. The highest BCUT2D eigenvalue weighted by molar-refractivity contribution is 6.36. The number of halogens is 4. The van der Waals surface area contributed by atoms with Crippen LogP contribution >= 0.6 is 23.2 Å². The lowest BCUT2D eigenvalue weighted by Crippen LogP contribution is -2.43. The molecule has 26 heavy (non-hydrogen) atoms. The van der Waals surface area contributed by atoms with Gasteiger partial charge in [0.1, 0.15) is 6.04 Å². The van der Waals surface area contributed by atoms with E-state index in [0.717, 1.165) is 12.1 Å². The van der Waals surface area contributed by atoms with E-state index in [4.69, 9.17) is 27.9 Å². The zero-order valence-corrected chi connectivity index (χ0v) is 15.2. The summed E-state index contributed by atoms with van der Waals surface area (Å²) in [7, 11) is 1.19. The summed E-state index contributed by atoms with van der Waals surface area (Å²) in [5, 5.41) is 3.20. The molecule has 2 aromatic carbocycles. The third-order valence-electron chi connectivity index (χ3n) is 3.64. The van der Waals surface area contributed by atoms with Gasteiger partial charge in [-0.3, -0.25) is 4.79 Å². The number of ether oxygens (including phenoxy) is 1. The van der Waals surface area contributed by atoms with E-state index in [1.165, 1.54) is 13.2 Å². The summed E-state index contributed by atoms with van der Waals surface area (Å²) >= 11 is 12.2. The van der Waals surface area contributed by atoms with Gasteiger partial charge in [0.25, 0.3) is 0 Å². The van der Waals surface area contributed by atoms with Crippen molar-refractivity contribution in [3.63, 3.8) is 0 Å². The van der Waals surface area contributed by atoms with Gasteiger partial charge in [0.15, 0.2) is 11.6 Å². The first-order valence-electron chi connectivity index (χ1n) is 7.55. The highest BCUT2D eigenvalue weighted by Crippen LogP contribution is 2.25. The molecule has 0 fully saturated rings. The first-order valence-corrected chi connectivity index (χ1v) is 8.31. The van der Waals surface area contributed by atoms with E-state index in [-0.39, 0.29) is 18.4 Å². The normalized spacial score (nSPS) is 11.7. The van der Waals surface area contributed by atoms with Crippen molar-refractivity contribution >= 4 is 35.1 Å². The summed E-state index contributed by atoms with van der Waals surface area (Å²) in [6.45, 7) is 0. The Hall–Kier alpha value is -2.18. The van der Waals surface area contributed by atoms with Crippen molar-refractivity contribution in [1.29, 1.82) is 0 Å². The SMILES string of the molecule is COC(=O)[C@H](Cc1c(Cl)cccc1Cl)NC(=O)Cc1ccc(F)c(F)c1. The number of carbonyl (C=O) groups is 2. The molecule has 0 radical (unpaired) electrons. The number of amides is 1. The van der Waals surface area contributed by atoms with Crippen molar-refractivity contribution in [2.24, 2.45) is 0 Å². The minimum Gasteiger partial charge on any atom is -0.467 e. The van der Waals surface area contributed by atoms with Crippen LogP contribution in [0, 0.1) is 11.6 Å². The molecule has 0 aliphatic carbocycles. The van der Waals surface area contributed by atoms with E-state index in [9.17, 15) is 18.4 Å². The molecule has 1 N–H and O–H groups in total. The smallest absolute Gasteiger partial charge is 0.328 e. The first-order chi connectivity index (χ1) is 12.3. The Morgan fingerprint density at radius 2 is 1.77 bits per heavy atom. The van der Waals surface area contributed by atoms with Crippen molar-refractivity contribution in [2.75, 3.05) is 7.11 Å². The molecule has 0 aliphatic rings. The molecule has 1 atom stereocenters. The summed E-state index contributed by atoms with van der Waals surface area (Å²) in [6.07, 6.45) is -0.213. The Morgan fingerprint density at radius 1 is 1.12 bits per heavy atom. The summed E-state index contributed by atoms with van der Waals surface area (Å²) in [5.74, 6) is -3.30. The van der Waals surface area contributed by atoms with Crippen LogP contribution in [-0.4, -0.2) is 25.0 Å². The van der Waals surface area contributed by atoms with Gasteiger partial charge in [0.2, 0.25) is 5.91 Å². The molecular weight excluding hydrogens is 387 g/mol. The van der Waals surface area contributed by atoms with Crippen LogP contribution in [-0.2, 0) is 27.2 Å². The maximum Gasteiger partial charge on any atom is 0.328 e. The molecule has 8 heteroatoms. The van der Waals surface area contributed by atoms with E-state index in [1.807, 2.05) is 0 Å². The third-order valence-corrected chi connectivity index (χ3v) is 4.35. The second kappa shape index (κ2) is 8.96. The van der Waals surface area contributed by atoms with Gasteiger partial charge in [-0.15, -0.1) is 0 Å². The van der Waals surface area contributed by atoms with Gasteiger partial charge in [-0.05, 0) is 35.4 Å². The van der Waals surface area contributed by atoms with Crippen LogP contribution in [0.2, 0.25) is 10.0 Å². The van der Waals surface area contributed by atoms with E-state index in [1.54, 1.807) is 18.2 Å². The fraction of sp³-hybridized carbons (Fsp3) is 0.222. The number of carbonyl (C=O) groups excluding carboxylic acids is 2. The molecule has 0 aliphatic heterocycles. The molecule has 0 spiro atoms. The zero-order chi connectivity index (χ0) is 19.3. The molecule has 1 amide bonds. The molecule has 0 saturated carbocycles. The molecule has 0 heterocycles. The molecular formula is C18H15Cl2F2NO3. The largest absolute Gasteiger partial charge is 0.467 e. The van der Waals surface area contributed by atoms with Crippen LogP contribution in [0.4, 0.5) is 8.78 Å². The maximum absolute atomic E-state index is 13.2. The molecule has 0 saturated heterocycles. The average molecular weight is 402 g/mol. The fourth-order valence-electron chi connectivity index (χ4n) is 2.35. The van der Waals surface area contributed by atoms with Gasteiger partial charge in [0.05, 0.1) is 13.5 Å². The minimum atomic E-state index is -1.05. The quantitative estimate of drug-likeness (QED) is 0.750. The highest BCUT2D eigenvalue weighted by Gasteiger charge is 2.24. The highest BCUT2D eigenvalue weighted by atomic mass is 35.5. The second-order valence-electron chi connectivity index (χ2n) is 5.47. The summed E-state index contributed by atoms with van der Waals surface area (Å²) in [5.41, 5.74) is 0.750. The van der Waals surface area contributed by atoms with E-state index in [2.05, 4.69) is 5.32 Å². The predicted molar refractivity (Wildman–Crippen MR) is 94.2 cm³/mol. The predicted octanol–water partition coefficient (Wildman–Crippen LogP) is 3.71. The van der Waals surface area contributed by atoms with Gasteiger partial charge in [-0.25, -0.2) is 13.6 Å². The van der Waals surface area contributed by atoms with E-state index in [0.29, 0.717) is 15.6 Å². The summed E-state index contributed by atoms with van der Waals surface area (Å²) < 4.78 is 30.9. The second-order valence-corrected chi connectivity index (χ2v) is 6.29. The van der Waals surface area contributed by atoms with Crippen molar-refractivity contribution in [3.05, 3.63) is 69.2 Å². The summed E-state index contributed by atoms with van der Waals surface area (Å²) in [6, 6.07) is 6.99. The number of esters is 1. The Bertz CT molecular complexity index is 810. The lowest BCUT2D eigenvalue weighted by atomic mass is 10.0. The molecule has 0 aromatic heterocycles. The summed E-state index contributed by atoms with van der Waals surface area (Å²) in [4.78, 5) is 24.2. The van der Waals surface area contributed by atoms with Crippen molar-refractivity contribution in [1.82, 2.24) is 5.32 Å². The van der Waals surface area contributed by atoms with Crippen LogP contribution in [0.3, 0.4) is 0 Å². The number of hydrogen-bond acceptors (Lipinski definition) is 3. The van der Waals surface area contributed by atoms with Gasteiger partial charge in [-0.1, -0.05) is 35.3 Å². The lowest BCUT2D eigenvalue weighted by Gasteiger charge is -2.18. The van der Waals surface area contributed by atoms with Crippen molar-refractivity contribution in [3.8, 4) is 0 Å². The molecule has 0 bridgehead atoms. The topological polar surface area (TPSA) is 55.4 Å². The number of benzene rings is 2. The molecule has 2 aromatic rings. The van der Waals surface area contributed by atoms with Crippen LogP contribution in [0.5, 0.6) is 0 Å². The van der Waals surface area contributed by atoms with Crippen LogP contribution in [0.1, 0.15) is 11.1 Å². The van der Waals surface area contributed by atoms with E-state index < -0.39 is 29.6 Å². The van der Waals surface area contributed by atoms with Crippen molar-refractivity contribution in [2.45, 2.75) is 18.9 Å². The first kappa shape index (κ1) is 20.1. The number of hydrogen-bond donors (Lipinski definition) is 1. The Kier molecular flexibility index (Phi) is 6.94. The number of methoxy groups -OCH3 is 1. The maximum atomic E-state index is 13.2. The molecule has 4 nitrogen and oxygen atoms in total.